The lowest BCUT2D eigenvalue weighted by Crippen LogP contribution is -2.30. The molecule has 0 bridgehead atoms. The molecule has 2 unspecified atom stereocenters. The van der Waals surface area contributed by atoms with Crippen molar-refractivity contribution in [1.29, 1.82) is 0 Å². The Hall–Kier alpha value is -1.94. The molecule has 3 N–H and O–H groups in total. The standard InChI is InChI=1S/C80H156O17P2/c1-6-9-12-15-18-21-24-27-30-35-39-44-49-54-59-64-78(83)91-70-76(97-80(85)66-61-56-51-46-41-36-32-29-28-31-34-37-42-47-52-57-62-73(4)5)72-95-99(88,89)93-68-74(81)67-92-98(86,87)94-71-75(69-90-77(82)63-58-53-48-43-38-26-23-20-17-14-11-8-3)96-79(84)65-60-55-50-45-40-33-25-22-19-16-13-10-7-2/h73-76,81H,6-72H2,1-5H3,(H,86,87)(H,88,89)/t74-,75+,76+/m0/s1. The largest absolute Gasteiger partial charge is 0.472 e. The van der Waals surface area contributed by atoms with Crippen molar-refractivity contribution in [2.45, 2.75) is 445 Å². The van der Waals surface area contributed by atoms with Gasteiger partial charge in [-0.25, -0.2) is 9.13 Å². The second-order valence-corrected chi connectivity index (χ2v) is 32.2. The molecule has 0 aromatic carbocycles. The Morgan fingerprint density at radius 1 is 0.273 bits per heavy atom. The van der Waals surface area contributed by atoms with Crippen molar-refractivity contribution in [3.63, 3.8) is 0 Å². The lowest BCUT2D eigenvalue weighted by Gasteiger charge is -2.21. The van der Waals surface area contributed by atoms with Crippen LogP contribution in [-0.2, 0) is 65.4 Å². The highest BCUT2D eigenvalue weighted by atomic mass is 31.2. The summed E-state index contributed by atoms with van der Waals surface area (Å²) < 4.78 is 68.7. The quantitative estimate of drug-likeness (QED) is 0.0222. The third-order valence-corrected chi connectivity index (χ3v) is 20.7. The van der Waals surface area contributed by atoms with Gasteiger partial charge >= 0.3 is 39.5 Å². The molecule has 0 aliphatic carbocycles. The molecule has 99 heavy (non-hydrogen) atoms. The Balaban J connectivity index is 5.25. The van der Waals surface area contributed by atoms with Gasteiger partial charge in [0.2, 0.25) is 0 Å². The van der Waals surface area contributed by atoms with Crippen LogP contribution < -0.4 is 0 Å². The fourth-order valence-corrected chi connectivity index (χ4v) is 14.0. The highest BCUT2D eigenvalue weighted by Crippen LogP contribution is 2.45. The van der Waals surface area contributed by atoms with E-state index in [1.165, 1.54) is 250 Å². The molecule has 0 amide bonds. The molecule has 0 saturated carbocycles. The van der Waals surface area contributed by atoms with Crippen molar-refractivity contribution in [3.8, 4) is 0 Å². The molecule has 0 spiro atoms. The molecule has 0 rings (SSSR count). The first-order valence-electron chi connectivity index (χ1n) is 41.6. The Kier molecular flexibility index (Phi) is 71.6. The van der Waals surface area contributed by atoms with Crippen molar-refractivity contribution < 1.29 is 80.2 Å². The second kappa shape index (κ2) is 73.0. The minimum Gasteiger partial charge on any atom is -0.462 e. The van der Waals surface area contributed by atoms with Gasteiger partial charge in [-0.1, -0.05) is 375 Å². The third-order valence-electron chi connectivity index (χ3n) is 18.8. The summed E-state index contributed by atoms with van der Waals surface area (Å²) in [4.78, 5) is 73.0. The molecule has 0 aliphatic heterocycles. The predicted molar refractivity (Wildman–Crippen MR) is 405 cm³/mol. The van der Waals surface area contributed by atoms with E-state index in [4.69, 9.17) is 37.0 Å². The van der Waals surface area contributed by atoms with Crippen LogP contribution in [0.1, 0.15) is 426 Å². The van der Waals surface area contributed by atoms with Gasteiger partial charge in [0.25, 0.3) is 0 Å². The van der Waals surface area contributed by atoms with Crippen LogP contribution in [0.5, 0.6) is 0 Å². The number of phosphoric acid groups is 2. The summed E-state index contributed by atoms with van der Waals surface area (Å²) >= 11 is 0. The van der Waals surface area contributed by atoms with E-state index in [0.29, 0.717) is 25.7 Å². The SMILES string of the molecule is CCCCCCCCCCCCCCCCCC(=O)OC[C@H](COP(=O)(O)OC[C@@H](O)COP(=O)(O)OC[C@@H](COC(=O)CCCCCCCCCCCCCC)OC(=O)CCCCCCCCCCCCCCC)OC(=O)CCCCCCCCCCCCCCCCCCC(C)C. The number of aliphatic hydroxyl groups is 1. The molecule has 0 heterocycles. The maximum atomic E-state index is 13.1. The van der Waals surface area contributed by atoms with E-state index in [0.717, 1.165) is 95.8 Å². The number of carbonyl (C=O) groups is 4. The van der Waals surface area contributed by atoms with Crippen molar-refractivity contribution >= 4 is 39.5 Å². The lowest BCUT2D eigenvalue weighted by molar-refractivity contribution is -0.161. The van der Waals surface area contributed by atoms with Gasteiger partial charge in [0, 0.05) is 25.7 Å². The fourth-order valence-electron chi connectivity index (χ4n) is 12.4. The molecule has 17 nitrogen and oxygen atoms in total. The molecule has 0 fully saturated rings. The molecule has 0 aromatic rings. The lowest BCUT2D eigenvalue weighted by atomic mass is 10.0. The fraction of sp³-hybridized carbons (Fsp3) is 0.950. The van der Waals surface area contributed by atoms with Gasteiger partial charge in [-0.2, -0.15) is 0 Å². The molecule has 588 valence electrons. The predicted octanol–water partition coefficient (Wildman–Crippen LogP) is 24.0. The molecule has 5 atom stereocenters. The second-order valence-electron chi connectivity index (χ2n) is 29.3. The molecule has 0 radical (unpaired) electrons. The summed E-state index contributed by atoms with van der Waals surface area (Å²) in [6.07, 6.45) is 63.6. The van der Waals surface area contributed by atoms with Gasteiger partial charge in [-0.05, 0) is 31.6 Å². The van der Waals surface area contributed by atoms with E-state index in [2.05, 4.69) is 34.6 Å². The first kappa shape index (κ1) is 97.1. The Labute approximate surface area is 607 Å². The van der Waals surface area contributed by atoms with Gasteiger partial charge in [0.1, 0.15) is 19.3 Å². The number of aliphatic hydroxyl groups excluding tert-OH is 1. The van der Waals surface area contributed by atoms with Gasteiger partial charge in [0.15, 0.2) is 12.2 Å². The van der Waals surface area contributed by atoms with Crippen molar-refractivity contribution in [1.82, 2.24) is 0 Å². The van der Waals surface area contributed by atoms with Crippen LogP contribution in [0.2, 0.25) is 0 Å². The average molecular weight is 1450 g/mol. The number of hydrogen-bond donors (Lipinski definition) is 3. The number of hydrogen-bond acceptors (Lipinski definition) is 15. The van der Waals surface area contributed by atoms with Crippen LogP contribution in [0, 0.1) is 5.92 Å². The van der Waals surface area contributed by atoms with Gasteiger partial charge in [0.05, 0.1) is 26.4 Å². The van der Waals surface area contributed by atoms with Crippen LogP contribution in [-0.4, -0.2) is 96.7 Å². The number of rotatable bonds is 80. The molecule has 0 aliphatic rings. The van der Waals surface area contributed by atoms with Crippen LogP contribution >= 0.6 is 15.6 Å². The van der Waals surface area contributed by atoms with Gasteiger partial charge in [-0.3, -0.25) is 37.3 Å². The molecular formula is C80H156O17P2. The summed E-state index contributed by atoms with van der Waals surface area (Å²) in [7, 11) is -9.92. The summed E-state index contributed by atoms with van der Waals surface area (Å²) in [6.45, 7) is 7.36. The van der Waals surface area contributed by atoms with Crippen LogP contribution in [0.25, 0.3) is 0 Å². The van der Waals surface area contributed by atoms with Crippen LogP contribution in [0.15, 0.2) is 0 Å². The van der Waals surface area contributed by atoms with E-state index >= 15 is 0 Å². The van der Waals surface area contributed by atoms with Crippen LogP contribution in [0.4, 0.5) is 0 Å². The number of ether oxygens (including phenoxy) is 4. The first-order chi connectivity index (χ1) is 48.0. The zero-order valence-electron chi connectivity index (χ0n) is 64.6. The Morgan fingerprint density at radius 2 is 0.465 bits per heavy atom. The maximum absolute atomic E-state index is 13.1. The van der Waals surface area contributed by atoms with E-state index in [-0.39, 0.29) is 25.7 Å². The third kappa shape index (κ3) is 74.1. The van der Waals surface area contributed by atoms with E-state index in [9.17, 15) is 43.2 Å². The van der Waals surface area contributed by atoms with Crippen LogP contribution in [0.3, 0.4) is 0 Å². The maximum Gasteiger partial charge on any atom is 0.472 e. The zero-order chi connectivity index (χ0) is 72.7. The topological polar surface area (TPSA) is 237 Å². The Morgan fingerprint density at radius 3 is 0.687 bits per heavy atom. The summed E-state index contributed by atoms with van der Waals surface area (Å²) in [6, 6.07) is 0. The van der Waals surface area contributed by atoms with Gasteiger partial charge < -0.3 is 33.8 Å². The van der Waals surface area contributed by atoms with Crippen molar-refractivity contribution in [2.75, 3.05) is 39.6 Å². The summed E-state index contributed by atoms with van der Waals surface area (Å²) in [5.41, 5.74) is 0. The van der Waals surface area contributed by atoms with E-state index in [1.54, 1.807) is 0 Å². The van der Waals surface area contributed by atoms with Crippen molar-refractivity contribution in [3.05, 3.63) is 0 Å². The zero-order valence-corrected chi connectivity index (χ0v) is 66.4. The highest BCUT2D eigenvalue weighted by molar-refractivity contribution is 7.47. The smallest absolute Gasteiger partial charge is 0.462 e. The molecule has 19 heteroatoms. The van der Waals surface area contributed by atoms with E-state index in [1.807, 2.05) is 0 Å². The Bertz CT molecular complexity index is 1890. The molecule has 0 aromatic heterocycles. The molecule has 0 saturated heterocycles. The number of phosphoric ester groups is 2. The average Bonchev–Trinajstić information content (AvgIpc) is 1.40. The number of carbonyl (C=O) groups excluding carboxylic acids is 4. The minimum atomic E-state index is -4.96. The summed E-state index contributed by atoms with van der Waals surface area (Å²) in [5, 5.41) is 10.6. The van der Waals surface area contributed by atoms with Gasteiger partial charge in [-0.15, -0.1) is 0 Å². The first-order valence-corrected chi connectivity index (χ1v) is 44.6. The monoisotopic (exact) mass is 1450 g/mol. The van der Waals surface area contributed by atoms with Crippen molar-refractivity contribution in [2.24, 2.45) is 5.92 Å². The summed E-state index contributed by atoms with van der Waals surface area (Å²) in [5.74, 6) is -1.29. The number of unbranched alkanes of at least 4 members (excludes halogenated alkanes) is 52. The highest BCUT2D eigenvalue weighted by Gasteiger charge is 2.30. The normalized spacial score (nSPS) is 13.9. The molecular weight excluding hydrogens is 1290 g/mol. The van der Waals surface area contributed by atoms with E-state index < -0.39 is 97.5 Å². The minimum absolute atomic E-state index is 0.108. The number of esters is 4.